The van der Waals surface area contributed by atoms with Crippen LogP contribution in [0.2, 0.25) is 0 Å². The van der Waals surface area contributed by atoms with Crippen LogP contribution in [-0.4, -0.2) is 49.8 Å². The minimum atomic E-state index is 0.280. The monoisotopic (exact) mass is 305 g/mol. The van der Waals surface area contributed by atoms with E-state index in [1.807, 2.05) is 19.2 Å². The summed E-state index contributed by atoms with van der Waals surface area (Å²) >= 11 is 0. The Labute approximate surface area is 133 Å². The van der Waals surface area contributed by atoms with E-state index in [0.717, 1.165) is 43.5 Å². The summed E-state index contributed by atoms with van der Waals surface area (Å²) in [5, 5.41) is 13.4. The highest BCUT2D eigenvalue weighted by Gasteiger charge is 2.18. The average molecular weight is 305 g/mol. The number of rotatable bonds is 4. The number of hydrogen-bond donors (Lipinski definition) is 2. The number of phenols is 1. The number of phenolic OH excluding ortho intramolecular Hbond substituents is 1. The first kappa shape index (κ1) is 16.5. The molecule has 22 heavy (non-hydrogen) atoms. The number of aromatic hydroxyl groups is 1. The number of ether oxygens (including phenoxy) is 1. The number of likely N-dealkylation sites (tertiary alicyclic amines) is 1. The number of guanidine groups is 1. The van der Waals surface area contributed by atoms with Gasteiger partial charge in [-0.15, -0.1) is 0 Å². The molecule has 122 valence electrons. The van der Waals surface area contributed by atoms with Gasteiger partial charge in [0, 0.05) is 32.7 Å². The molecule has 1 unspecified atom stereocenters. The van der Waals surface area contributed by atoms with E-state index in [-0.39, 0.29) is 5.75 Å². The molecule has 5 heteroatoms. The van der Waals surface area contributed by atoms with Crippen LogP contribution in [0.4, 0.5) is 0 Å². The molecule has 1 atom stereocenters. The van der Waals surface area contributed by atoms with Crippen LogP contribution in [-0.2, 0) is 6.42 Å². The second-order valence-electron chi connectivity index (χ2n) is 5.91. The van der Waals surface area contributed by atoms with E-state index < -0.39 is 0 Å². The summed E-state index contributed by atoms with van der Waals surface area (Å²) in [6, 6.07) is 5.42. The number of methoxy groups -OCH3 is 1. The maximum Gasteiger partial charge on any atom is 0.193 e. The van der Waals surface area contributed by atoms with Crippen LogP contribution in [0, 0.1) is 5.92 Å². The van der Waals surface area contributed by atoms with Gasteiger partial charge in [-0.3, -0.25) is 4.99 Å². The highest BCUT2D eigenvalue weighted by atomic mass is 16.5. The SMILES string of the molecule is CN=C(NCCc1ccc(OC)cc1O)N1CCCC(C)C1. The molecule has 5 nitrogen and oxygen atoms in total. The second kappa shape index (κ2) is 7.92. The molecule has 0 radical (unpaired) electrons. The van der Waals surface area contributed by atoms with Crippen molar-refractivity contribution in [2.45, 2.75) is 26.2 Å². The Balaban J connectivity index is 1.86. The Kier molecular flexibility index (Phi) is 5.92. The lowest BCUT2D eigenvalue weighted by atomic mass is 10.0. The van der Waals surface area contributed by atoms with E-state index in [1.54, 1.807) is 13.2 Å². The Bertz CT molecular complexity index is 517. The first-order chi connectivity index (χ1) is 10.6. The third kappa shape index (κ3) is 4.29. The van der Waals surface area contributed by atoms with Crippen LogP contribution < -0.4 is 10.1 Å². The van der Waals surface area contributed by atoms with Gasteiger partial charge in [-0.25, -0.2) is 0 Å². The summed E-state index contributed by atoms with van der Waals surface area (Å²) in [6.07, 6.45) is 3.27. The molecule has 1 saturated heterocycles. The van der Waals surface area contributed by atoms with Gasteiger partial charge >= 0.3 is 0 Å². The van der Waals surface area contributed by atoms with Gasteiger partial charge in [0.1, 0.15) is 11.5 Å². The summed E-state index contributed by atoms with van der Waals surface area (Å²) < 4.78 is 5.10. The maximum absolute atomic E-state index is 9.98. The molecule has 0 aliphatic carbocycles. The molecule has 1 aromatic rings. The smallest absolute Gasteiger partial charge is 0.193 e. The molecule has 2 rings (SSSR count). The van der Waals surface area contributed by atoms with E-state index in [4.69, 9.17) is 4.74 Å². The van der Waals surface area contributed by atoms with E-state index >= 15 is 0 Å². The topological polar surface area (TPSA) is 57.1 Å². The third-order valence-corrected chi connectivity index (χ3v) is 4.14. The van der Waals surface area contributed by atoms with Gasteiger partial charge in [0.2, 0.25) is 0 Å². The average Bonchev–Trinajstić information content (AvgIpc) is 2.52. The van der Waals surface area contributed by atoms with Crippen LogP contribution in [0.3, 0.4) is 0 Å². The fourth-order valence-corrected chi connectivity index (χ4v) is 2.91. The number of nitrogens with zero attached hydrogens (tertiary/aromatic N) is 2. The summed E-state index contributed by atoms with van der Waals surface area (Å²) in [7, 11) is 3.42. The zero-order valence-electron chi connectivity index (χ0n) is 13.8. The van der Waals surface area contributed by atoms with Crippen molar-refractivity contribution < 1.29 is 9.84 Å². The van der Waals surface area contributed by atoms with Crippen LogP contribution in [0.15, 0.2) is 23.2 Å². The fourth-order valence-electron chi connectivity index (χ4n) is 2.91. The molecule has 1 heterocycles. The molecule has 0 bridgehead atoms. The van der Waals surface area contributed by atoms with Crippen LogP contribution >= 0.6 is 0 Å². The van der Waals surface area contributed by atoms with Gasteiger partial charge in [0.15, 0.2) is 5.96 Å². The molecule has 2 N–H and O–H groups in total. The molecule has 1 fully saturated rings. The molecule has 1 aliphatic rings. The Morgan fingerprint density at radius 1 is 1.50 bits per heavy atom. The zero-order chi connectivity index (χ0) is 15.9. The molecule has 1 aromatic carbocycles. The Morgan fingerprint density at radius 2 is 2.32 bits per heavy atom. The van der Waals surface area contributed by atoms with Gasteiger partial charge in [0.05, 0.1) is 7.11 Å². The van der Waals surface area contributed by atoms with Crippen LogP contribution in [0.1, 0.15) is 25.3 Å². The number of nitrogens with one attached hydrogen (secondary N) is 1. The van der Waals surface area contributed by atoms with Crippen LogP contribution in [0.25, 0.3) is 0 Å². The minimum absolute atomic E-state index is 0.280. The molecule has 0 spiro atoms. The molecule has 0 saturated carbocycles. The van der Waals surface area contributed by atoms with Gasteiger partial charge < -0.3 is 20.1 Å². The number of aliphatic imine (C=N–C) groups is 1. The maximum atomic E-state index is 9.98. The predicted molar refractivity (Wildman–Crippen MR) is 89.7 cm³/mol. The van der Waals surface area contributed by atoms with Gasteiger partial charge in [-0.2, -0.15) is 0 Å². The van der Waals surface area contributed by atoms with Crippen molar-refractivity contribution in [3.05, 3.63) is 23.8 Å². The van der Waals surface area contributed by atoms with E-state index in [2.05, 4.69) is 22.1 Å². The highest BCUT2D eigenvalue weighted by molar-refractivity contribution is 5.80. The quantitative estimate of drug-likeness (QED) is 0.662. The lowest BCUT2D eigenvalue weighted by molar-refractivity contribution is 0.266. The van der Waals surface area contributed by atoms with E-state index in [0.29, 0.717) is 5.75 Å². The Hall–Kier alpha value is -1.91. The zero-order valence-corrected chi connectivity index (χ0v) is 13.8. The lowest BCUT2D eigenvalue weighted by Crippen LogP contribution is -2.46. The second-order valence-corrected chi connectivity index (χ2v) is 5.91. The largest absolute Gasteiger partial charge is 0.508 e. The number of piperidine rings is 1. The summed E-state index contributed by atoms with van der Waals surface area (Å²) in [6.45, 7) is 5.16. The fraction of sp³-hybridized carbons (Fsp3) is 0.588. The van der Waals surface area contributed by atoms with E-state index in [1.165, 1.54) is 12.8 Å². The standard InChI is InChI=1S/C17H27N3O2/c1-13-5-4-10-20(12-13)17(18-2)19-9-8-14-6-7-15(22-3)11-16(14)21/h6-7,11,13,21H,4-5,8-10,12H2,1-3H3,(H,18,19). The van der Waals surface area contributed by atoms with Crippen molar-refractivity contribution in [2.24, 2.45) is 10.9 Å². The summed E-state index contributed by atoms with van der Waals surface area (Å²) in [4.78, 5) is 6.70. The van der Waals surface area contributed by atoms with Gasteiger partial charge in [-0.05, 0) is 36.8 Å². The first-order valence-electron chi connectivity index (χ1n) is 7.95. The van der Waals surface area contributed by atoms with Crippen molar-refractivity contribution in [3.63, 3.8) is 0 Å². The minimum Gasteiger partial charge on any atom is -0.508 e. The lowest BCUT2D eigenvalue weighted by Gasteiger charge is -2.33. The third-order valence-electron chi connectivity index (χ3n) is 4.14. The number of hydrogen-bond acceptors (Lipinski definition) is 3. The summed E-state index contributed by atoms with van der Waals surface area (Å²) in [5.74, 6) is 2.63. The molecular weight excluding hydrogens is 278 g/mol. The summed E-state index contributed by atoms with van der Waals surface area (Å²) in [5.41, 5.74) is 0.913. The predicted octanol–water partition coefficient (Wildman–Crippen LogP) is 2.25. The molecular formula is C17H27N3O2. The van der Waals surface area contributed by atoms with Crippen molar-refractivity contribution in [3.8, 4) is 11.5 Å². The van der Waals surface area contributed by atoms with E-state index in [9.17, 15) is 5.11 Å². The van der Waals surface area contributed by atoms with Crippen molar-refractivity contribution >= 4 is 5.96 Å². The number of benzene rings is 1. The van der Waals surface area contributed by atoms with Crippen molar-refractivity contribution in [2.75, 3.05) is 33.8 Å². The van der Waals surface area contributed by atoms with Crippen LogP contribution in [0.5, 0.6) is 11.5 Å². The highest BCUT2D eigenvalue weighted by Crippen LogP contribution is 2.23. The normalized spacial score (nSPS) is 19.1. The van der Waals surface area contributed by atoms with Crippen molar-refractivity contribution in [1.82, 2.24) is 10.2 Å². The molecule has 1 aliphatic heterocycles. The van der Waals surface area contributed by atoms with Gasteiger partial charge in [0.25, 0.3) is 0 Å². The Morgan fingerprint density at radius 3 is 2.95 bits per heavy atom. The first-order valence-corrected chi connectivity index (χ1v) is 7.95. The molecule has 0 aromatic heterocycles. The van der Waals surface area contributed by atoms with Gasteiger partial charge in [-0.1, -0.05) is 13.0 Å². The van der Waals surface area contributed by atoms with Crippen molar-refractivity contribution in [1.29, 1.82) is 0 Å². The molecule has 0 amide bonds.